The molecule has 1 saturated carbocycles. The number of carbonyl (C=O) groups excluding carboxylic acids is 2. The van der Waals surface area contributed by atoms with E-state index < -0.39 is 31.0 Å². The van der Waals surface area contributed by atoms with E-state index in [9.17, 15) is 14.4 Å². The molecule has 0 aromatic heterocycles. The molecule has 0 aromatic carbocycles. The Morgan fingerprint density at radius 2 is 1.86 bits per heavy atom. The number of aliphatic carboxylic acids is 1. The Kier molecular flexibility index (Phi) is 6.45. The average molecular weight is 299 g/mol. The van der Waals surface area contributed by atoms with Crippen LogP contribution in [0.5, 0.6) is 0 Å². The number of hydrogen-bond acceptors (Lipinski definition) is 3. The van der Waals surface area contributed by atoms with E-state index in [1.807, 2.05) is 0 Å². The average Bonchev–Trinajstić information content (AvgIpc) is 2.37. The van der Waals surface area contributed by atoms with E-state index in [2.05, 4.69) is 19.2 Å². The first-order chi connectivity index (χ1) is 9.81. The minimum Gasteiger partial charge on any atom is -0.480 e. The van der Waals surface area contributed by atoms with Gasteiger partial charge in [-0.1, -0.05) is 26.7 Å². The number of nitrogens with one attached hydrogen (secondary N) is 1. The summed E-state index contributed by atoms with van der Waals surface area (Å²) in [4.78, 5) is 34.9. The van der Waals surface area contributed by atoms with Gasteiger partial charge in [0, 0.05) is 6.04 Å². The van der Waals surface area contributed by atoms with Crippen molar-refractivity contribution in [3.8, 4) is 0 Å². The fourth-order valence-corrected chi connectivity index (χ4v) is 2.94. The Labute approximate surface area is 124 Å². The number of nitrogens with zero attached hydrogens (tertiary/aromatic N) is 1. The van der Waals surface area contributed by atoms with Crippen LogP contribution in [0.15, 0.2) is 0 Å². The van der Waals surface area contributed by atoms with Gasteiger partial charge in [0.15, 0.2) is 0 Å². The summed E-state index contributed by atoms with van der Waals surface area (Å²) in [5.41, 5.74) is 5.06. The molecule has 3 amide bonds. The molecule has 0 spiro atoms. The Hall–Kier alpha value is -1.79. The van der Waals surface area contributed by atoms with Gasteiger partial charge in [0.25, 0.3) is 0 Å². The molecule has 2 atom stereocenters. The summed E-state index contributed by atoms with van der Waals surface area (Å²) in [7, 11) is 0. The minimum absolute atomic E-state index is 0.0235. The van der Waals surface area contributed by atoms with Crippen molar-refractivity contribution in [2.75, 3.05) is 13.1 Å². The molecule has 1 aliphatic carbocycles. The third-order valence-corrected chi connectivity index (χ3v) is 3.94. The molecule has 1 fully saturated rings. The zero-order chi connectivity index (χ0) is 16.0. The van der Waals surface area contributed by atoms with Crippen molar-refractivity contribution >= 4 is 17.9 Å². The molecular weight excluding hydrogens is 274 g/mol. The Bertz CT molecular complexity index is 382. The summed E-state index contributed by atoms with van der Waals surface area (Å²) in [6, 6.07) is -0.510. The lowest BCUT2D eigenvalue weighted by molar-refractivity contribution is -0.137. The summed E-state index contributed by atoms with van der Waals surface area (Å²) < 4.78 is 0. The number of primary amides is 1. The second kappa shape index (κ2) is 7.85. The molecule has 0 heterocycles. The van der Waals surface area contributed by atoms with E-state index in [1.165, 1.54) is 0 Å². The fourth-order valence-electron chi connectivity index (χ4n) is 2.94. The molecule has 2 unspecified atom stereocenters. The molecule has 21 heavy (non-hydrogen) atoms. The van der Waals surface area contributed by atoms with E-state index in [-0.39, 0.29) is 6.04 Å². The summed E-state index contributed by atoms with van der Waals surface area (Å²) in [6.07, 6.45) is 4.13. The molecule has 0 aromatic rings. The van der Waals surface area contributed by atoms with Crippen molar-refractivity contribution in [3.05, 3.63) is 0 Å². The van der Waals surface area contributed by atoms with Crippen LogP contribution in [0.3, 0.4) is 0 Å². The van der Waals surface area contributed by atoms with Gasteiger partial charge in [-0.05, 0) is 24.7 Å². The van der Waals surface area contributed by atoms with E-state index in [4.69, 9.17) is 10.8 Å². The third kappa shape index (κ3) is 5.61. The second-order valence-electron chi connectivity index (χ2n) is 5.96. The lowest BCUT2D eigenvalue weighted by Crippen LogP contribution is -2.52. The lowest BCUT2D eigenvalue weighted by Gasteiger charge is -2.36. The standard InChI is InChI=1S/C14H25N3O4/c1-9(2)10-5-3-4-6-11(10)16-14(21)17(7-12(15)18)8-13(19)20/h9-11H,3-8H2,1-2H3,(H2,15,18)(H,16,21)(H,19,20). The number of carbonyl (C=O) groups is 3. The number of urea groups is 1. The van der Waals surface area contributed by atoms with Crippen LogP contribution in [0, 0.1) is 11.8 Å². The van der Waals surface area contributed by atoms with Crippen LogP contribution >= 0.6 is 0 Å². The third-order valence-electron chi connectivity index (χ3n) is 3.94. The van der Waals surface area contributed by atoms with Crippen LogP contribution in [0.4, 0.5) is 4.79 Å². The molecule has 0 saturated heterocycles. The summed E-state index contributed by atoms with van der Waals surface area (Å²) in [5.74, 6) is -1.08. The number of rotatable bonds is 6. The fraction of sp³-hybridized carbons (Fsp3) is 0.786. The van der Waals surface area contributed by atoms with Crippen LogP contribution in [0.25, 0.3) is 0 Å². The van der Waals surface area contributed by atoms with E-state index >= 15 is 0 Å². The van der Waals surface area contributed by atoms with Gasteiger partial charge in [-0.3, -0.25) is 9.59 Å². The van der Waals surface area contributed by atoms with Crippen molar-refractivity contribution in [3.63, 3.8) is 0 Å². The summed E-state index contributed by atoms with van der Waals surface area (Å²) >= 11 is 0. The number of hydrogen-bond donors (Lipinski definition) is 3. The van der Waals surface area contributed by atoms with Gasteiger partial charge in [0.05, 0.1) is 0 Å². The first kappa shape index (κ1) is 17.3. The van der Waals surface area contributed by atoms with E-state index in [1.54, 1.807) is 0 Å². The van der Waals surface area contributed by atoms with Gasteiger partial charge < -0.3 is 21.1 Å². The maximum atomic E-state index is 12.2. The van der Waals surface area contributed by atoms with Crippen molar-refractivity contribution in [2.24, 2.45) is 17.6 Å². The van der Waals surface area contributed by atoms with Crippen LogP contribution in [0.2, 0.25) is 0 Å². The zero-order valence-corrected chi connectivity index (χ0v) is 12.7. The van der Waals surface area contributed by atoms with Gasteiger partial charge in [0.2, 0.25) is 5.91 Å². The molecule has 7 heteroatoms. The maximum absolute atomic E-state index is 12.2. The van der Waals surface area contributed by atoms with Crippen LogP contribution in [-0.2, 0) is 9.59 Å². The van der Waals surface area contributed by atoms with Gasteiger partial charge in [0.1, 0.15) is 13.1 Å². The predicted octanol–water partition coefficient (Wildman–Crippen LogP) is 0.783. The van der Waals surface area contributed by atoms with Crippen molar-refractivity contribution in [1.82, 2.24) is 10.2 Å². The smallest absolute Gasteiger partial charge is 0.323 e. The zero-order valence-electron chi connectivity index (χ0n) is 12.7. The number of carboxylic acids is 1. The second-order valence-corrected chi connectivity index (χ2v) is 5.96. The summed E-state index contributed by atoms with van der Waals surface area (Å²) in [6.45, 7) is 3.31. The SMILES string of the molecule is CC(C)C1CCCCC1NC(=O)N(CC(N)=O)CC(=O)O. The molecule has 0 bridgehead atoms. The normalized spacial score (nSPS) is 21.9. The number of amides is 3. The Morgan fingerprint density at radius 1 is 1.24 bits per heavy atom. The highest BCUT2D eigenvalue weighted by Crippen LogP contribution is 2.30. The van der Waals surface area contributed by atoms with Crippen LogP contribution in [-0.4, -0.2) is 47.0 Å². The highest BCUT2D eigenvalue weighted by atomic mass is 16.4. The topological polar surface area (TPSA) is 113 Å². The van der Waals surface area contributed by atoms with Crippen molar-refractivity contribution in [2.45, 2.75) is 45.6 Å². The Balaban J connectivity index is 2.69. The number of carboxylic acid groups (broad SMARTS) is 1. The molecular formula is C14H25N3O4. The maximum Gasteiger partial charge on any atom is 0.323 e. The quantitative estimate of drug-likeness (QED) is 0.672. The largest absolute Gasteiger partial charge is 0.480 e. The predicted molar refractivity (Wildman–Crippen MR) is 77.5 cm³/mol. The van der Waals surface area contributed by atoms with E-state index in [0.717, 1.165) is 30.6 Å². The molecule has 120 valence electrons. The molecule has 4 N–H and O–H groups in total. The van der Waals surface area contributed by atoms with Crippen LogP contribution < -0.4 is 11.1 Å². The summed E-state index contributed by atoms with van der Waals surface area (Å²) in [5, 5.41) is 11.7. The first-order valence-corrected chi connectivity index (χ1v) is 7.36. The molecule has 1 aliphatic rings. The van der Waals surface area contributed by atoms with Crippen molar-refractivity contribution in [1.29, 1.82) is 0 Å². The first-order valence-electron chi connectivity index (χ1n) is 7.36. The lowest BCUT2D eigenvalue weighted by atomic mass is 9.78. The number of nitrogens with two attached hydrogens (primary N) is 1. The van der Waals surface area contributed by atoms with Gasteiger partial charge in [-0.25, -0.2) is 4.79 Å². The molecule has 0 radical (unpaired) electrons. The highest BCUT2D eigenvalue weighted by Gasteiger charge is 2.30. The highest BCUT2D eigenvalue weighted by molar-refractivity contribution is 5.86. The molecule has 1 rings (SSSR count). The van der Waals surface area contributed by atoms with Gasteiger partial charge in [-0.15, -0.1) is 0 Å². The minimum atomic E-state index is -1.17. The monoisotopic (exact) mass is 299 g/mol. The molecule has 0 aliphatic heterocycles. The van der Waals surface area contributed by atoms with Gasteiger partial charge >= 0.3 is 12.0 Å². The van der Waals surface area contributed by atoms with Crippen molar-refractivity contribution < 1.29 is 19.5 Å². The molecule has 7 nitrogen and oxygen atoms in total. The Morgan fingerprint density at radius 3 is 2.38 bits per heavy atom. The van der Waals surface area contributed by atoms with Gasteiger partial charge in [-0.2, -0.15) is 0 Å². The van der Waals surface area contributed by atoms with E-state index in [0.29, 0.717) is 11.8 Å². The van der Waals surface area contributed by atoms with Crippen LogP contribution in [0.1, 0.15) is 39.5 Å².